The van der Waals surface area contributed by atoms with E-state index in [1.54, 1.807) is 0 Å². The molecule has 0 saturated heterocycles. The summed E-state index contributed by atoms with van der Waals surface area (Å²) in [5.41, 5.74) is 0. The molecule has 1 N–H and O–H groups in total. The Hall–Kier alpha value is -0.180. The highest BCUT2D eigenvalue weighted by Crippen LogP contribution is 2.27. The van der Waals surface area contributed by atoms with Gasteiger partial charge in [0, 0.05) is 6.04 Å². The summed E-state index contributed by atoms with van der Waals surface area (Å²) in [6, 6.07) is 0.351. The van der Waals surface area contributed by atoms with Crippen LogP contribution in [0, 0.1) is 5.92 Å². The largest absolute Gasteiger partial charge is 0.308 e. The van der Waals surface area contributed by atoms with Gasteiger partial charge in [-0.1, -0.05) is 19.8 Å². The monoisotopic (exact) mass is 177 g/mol. The van der Waals surface area contributed by atoms with E-state index in [1.165, 1.54) is 12.8 Å². The molecule has 1 aliphatic carbocycles. The third-order valence-electron chi connectivity index (χ3n) is 2.72. The van der Waals surface area contributed by atoms with Crippen LogP contribution >= 0.6 is 0 Å². The fourth-order valence-corrected chi connectivity index (χ4v) is 2.03. The molecule has 1 rings (SSSR count). The van der Waals surface area contributed by atoms with Gasteiger partial charge in [0.1, 0.15) is 0 Å². The third-order valence-corrected chi connectivity index (χ3v) is 2.72. The van der Waals surface area contributed by atoms with Crippen molar-refractivity contribution in [2.24, 2.45) is 5.92 Å². The average Bonchev–Trinajstić information content (AvgIpc) is 2.47. The smallest absolute Gasteiger partial charge is 0.250 e. The summed E-state index contributed by atoms with van der Waals surface area (Å²) >= 11 is 0. The molecule has 0 bridgehead atoms. The third kappa shape index (κ3) is 2.70. The maximum absolute atomic E-state index is 11.9. The first-order valence-electron chi connectivity index (χ1n) is 4.75. The van der Waals surface area contributed by atoms with Crippen molar-refractivity contribution in [2.75, 3.05) is 6.54 Å². The summed E-state index contributed by atoms with van der Waals surface area (Å²) in [5.74, 6) is 0.628. The number of alkyl halides is 2. The summed E-state index contributed by atoms with van der Waals surface area (Å²) in [5, 5.41) is 2.93. The molecule has 0 aliphatic heterocycles. The maximum Gasteiger partial charge on any atom is 0.250 e. The molecule has 72 valence electrons. The lowest BCUT2D eigenvalue weighted by Gasteiger charge is -2.19. The predicted octanol–water partition coefficient (Wildman–Crippen LogP) is 2.42. The first-order chi connectivity index (χ1) is 5.74. The zero-order valence-corrected chi connectivity index (χ0v) is 7.52. The van der Waals surface area contributed by atoms with E-state index in [0.717, 1.165) is 12.8 Å². The molecular weight excluding hydrogens is 160 g/mol. The number of rotatable bonds is 4. The Kier molecular flexibility index (Phi) is 3.92. The highest BCUT2D eigenvalue weighted by atomic mass is 19.3. The molecule has 2 unspecified atom stereocenters. The molecule has 1 saturated carbocycles. The SMILES string of the molecule is CCC1CCCC1NCC(F)F. The normalized spacial score (nSPS) is 30.0. The van der Waals surface area contributed by atoms with E-state index in [0.29, 0.717) is 12.0 Å². The van der Waals surface area contributed by atoms with Crippen molar-refractivity contribution in [3.05, 3.63) is 0 Å². The minimum atomic E-state index is -2.21. The van der Waals surface area contributed by atoms with E-state index in [1.807, 2.05) is 0 Å². The van der Waals surface area contributed by atoms with Crippen molar-refractivity contribution in [3.8, 4) is 0 Å². The van der Waals surface area contributed by atoms with Gasteiger partial charge in [0.15, 0.2) is 0 Å². The quantitative estimate of drug-likeness (QED) is 0.695. The molecule has 1 nitrogen and oxygen atoms in total. The van der Waals surface area contributed by atoms with Gasteiger partial charge in [-0.05, 0) is 18.8 Å². The molecular formula is C9H17F2N. The van der Waals surface area contributed by atoms with E-state index < -0.39 is 6.43 Å². The summed E-state index contributed by atoms with van der Waals surface area (Å²) in [6.07, 6.45) is 2.38. The minimum Gasteiger partial charge on any atom is -0.308 e. The van der Waals surface area contributed by atoms with E-state index >= 15 is 0 Å². The highest BCUT2D eigenvalue weighted by molar-refractivity contribution is 4.82. The van der Waals surface area contributed by atoms with Gasteiger partial charge < -0.3 is 5.32 Å². The lowest BCUT2D eigenvalue weighted by molar-refractivity contribution is 0.138. The van der Waals surface area contributed by atoms with Gasteiger partial charge in [0.2, 0.25) is 0 Å². The minimum absolute atomic E-state index is 0.138. The van der Waals surface area contributed by atoms with Crippen LogP contribution in [0.1, 0.15) is 32.6 Å². The molecule has 0 spiro atoms. The first-order valence-corrected chi connectivity index (χ1v) is 4.75. The van der Waals surface area contributed by atoms with Gasteiger partial charge in [-0.25, -0.2) is 8.78 Å². The molecule has 0 aromatic carbocycles. The van der Waals surface area contributed by atoms with E-state index in [9.17, 15) is 8.78 Å². The molecule has 0 aromatic heterocycles. The van der Waals surface area contributed by atoms with Crippen molar-refractivity contribution in [1.29, 1.82) is 0 Å². The Morgan fingerprint density at radius 1 is 1.42 bits per heavy atom. The molecule has 1 aliphatic rings. The maximum atomic E-state index is 11.9. The van der Waals surface area contributed by atoms with Crippen LogP contribution in [0.5, 0.6) is 0 Å². The number of hydrogen-bond acceptors (Lipinski definition) is 1. The van der Waals surface area contributed by atoms with Crippen molar-refractivity contribution < 1.29 is 8.78 Å². The number of halogens is 2. The Labute approximate surface area is 72.5 Å². The molecule has 3 heteroatoms. The predicted molar refractivity (Wildman–Crippen MR) is 45.4 cm³/mol. The summed E-state index contributed by atoms with van der Waals surface area (Å²) in [4.78, 5) is 0. The molecule has 0 heterocycles. The van der Waals surface area contributed by atoms with Gasteiger partial charge in [0.05, 0.1) is 6.54 Å². The van der Waals surface area contributed by atoms with Crippen LogP contribution in [0.25, 0.3) is 0 Å². The van der Waals surface area contributed by atoms with Gasteiger partial charge in [-0.15, -0.1) is 0 Å². The first kappa shape index (κ1) is 9.90. The van der Waals surface area contributed by atoms with Crippen LogP contribution in [0.3, 0.4) is 0 Å². The van der Waals surface area contributed by atoms with E-state index in [-0.39, 0.29) is 6.54 Å². The Morgan fingerprint density at radius 2 is 2.17 bits per heavy atom. The lowest BCUT2D eigenvalue weighted by atomic mass is 10.0. The molecule has 0 aromatic rings. The molecule has 1 fully saturated rings. The van der Waals surface area contributed by atoms with Crippen LogP contribution in [-0.4, -0.2) is 19.0 Å². The van der Waals surface area contributed by atoms with Crippen LogP contribution in [-0.2, 0) is 0 Å². The average molecular weight is 177 g/mol. The summed E-state index contributed by atoms with van der Waals surface area (Å²) in [6.45, 7) is 1.99. The molecule has 12 heavy (non-hydrogen) atoms. The second-order valence-electron chi connectivity index (χ2n) is 3.51. The van der Waals surface area contributed by atoms with Crippen molar-refractivity contribution in [3.63, 3.8) is 0 Å². The number of hydrogen-bond donors (Lipinski definition) is 1. The fraction of sp³-hybridized carbons (Fsp3) is 1.00. The van der Waals surface area contributed by atoms with Gasteiger partial charge in [-0.3, -0.25) is 0 Å². The lowest BCUT2D eigenvalue weighted by Crippen LogP contribution is -2.35. The summed E-state index contributed by atoms with van der Waals surface area (Å²) in [7, 11) is 0. The van der Waals surface area contributed by atoms with Gasteiger partial charge >= 0.3 is 0 Å². The topological polar surface area (TPSA) is 12.0 Å². The fourth-order valence-electron chi connectivity index (χ4n) is 2.03. The van der Waals surface area contributed by atoms with Crippen molar-refractivity contribution >= 4 is 0 Å². The van der Waals surface area contributed by atoms with E-state index in [2.05, 4.69) is 12.2 Å². The Morgan fingerprint density at radius 3 is 2.75 bits per heavy atom. The Balaban J connectivity index is 2.21. The van der Waals surface area contributed by atoms with Crippen LogP contribution in [0.4, 0.5) is 8.78 Å². The second kappa shape index (κ2) is 4.75. The summed E-state index contributed by atoms with van der Waals surface area (Å²) < 4.78 is 23.7. The van der Waals surface area contributed by atoms with Crippen molar-refractivity contribution in [2.45, 2.75) is 45.1 Å². The van der Waals surface area contributed by atoms with E-state index in [4.69, 9.17) is 0 Å². The van der Waals surface area contributed by atoms with Gasteiger partial charge in [0.25, 0.3) is 6.43 Å². The Bertz CT molecular complexity index is 128. The molecule has 0 amide bonds. The van der Waals surface area contributed by atoms with Crippen LogP contribution < -0.4 is 5.32 Å². The zero-order chi connectivity index (χ0) is 8.97. The molecule has 0 radical (unpaired) electrons. The van der Waals surface area contributed by atoms with Crippen molar-refractivity contribution in [1.82, 2.24) is 5.32 Å². The molecule has 2 atom stereocenters. The van der Waals surface area contributed by atoms with Gasteiger partial charge in [-0.2, -0.15) is 0 Å². The standard InChI is InChI=1S/C9H17F2N/c1-2-7-4-3-5-8(7)12-6-9(10)11/h7-9,12H,2-6H2,1H3. The second-order valence-corrected chi connectivity index (χ2v) is 3.51. The van der Waals surface area contributed by atoms with Crippen LogP contribution in [0.15, 0.2) is 0 Å². The van der Waals surface area contributed by atoms with Crippen LogP contribution in [0.2, 0.25) is 0 Å². The number of nitrogens with one attached hydrogen (secondary N) is 1. The highest BCUT2D eigenvalue weighted by Gasteiger charge is 2.25. The zero-order valence-electron chi connectivity index (χ0n) is 7.52.